The summed E-state index contributed by atoms with van der Waals surface area (Å²) in [5.74, 6) is 0.607. The molecule has 1 aliphatic carbocycles. The maximum Gasteiger partial charge on any atom is 0.0875 e. The second-order valence-electron chi connectivity index (χ2n) is 5.88. The minimum absolute atomic E-state index is 0.302. The number of rotatable bonds is 3. The third-order valence-electron chi connectivity index (χ3n) is 5.00. The molecule has 3 rings (SSSR count). The zero-order valence-corrected chi connectivity index (χ0v) is 13.0. The summed E-state index contributed by atoms with van der Waals surface area (Å²) in [6.07, 6.45) is 13.7. The molecule has 3 fully saturated rings. The Morgan fingerprint density at radius 1 is 1.33 bits per heavy atom. The summed E-state index contributed by atoms with van der Waals surface area (Å²) in [5, 5.41) is 2.40. The van der Waals surface area contributed by atoms with Gasteiger partial charge in [-0.2, -0.15) is 5.06 Å². The Labute approximate surface area is 124 Å². The van der Waals surface area contributed by atoms with Gasteiger partial charge >= 0.3 is 0 Å². The van der Waals surface area contributed by atoms with Gasteiger partial charge in [0.1, 0.15) is 0 Å². The predicted molar refractivity (Wildman–Crippen MR) is 82.4 cm³/mol. The van der Waals surface area contributed by atoms with Crippen LogP contribution in [0.5, 0.6) is 0 Å². The first kappa shape index (κ1) is 13.1. The van der Waals surface area contributed by atoms with Crippen LogP contribution in [0.2, 0.25) is 0 Å². The zero-order chi connectivity index (χ0) is 12.6. The van der Waals surface area contributed by atoms with Gasteiger partial charge in [-0.3, -0.25) is 4.84 Å². The normalized spacial score (nSPS) is 44.2. The Bertz CT molecular complexity index is 352. The van der Waals surface area contributed by atoms with E-state index in [2.05, 4.69) is 50.5 Å². The average molecular weight is 359 g/mol. The van der Waals surface area contributed by atoms with Gasteiger partial charge in [0.25, 0.3) is 0 Å². The fourth-order valence-electron chi connectivity index (χ4n) is 4.33. The highest BCUT2D eigenvalue weighted by molar-refractivity contribution is 14.1. The average Bonchev–Trinajstić information content (AvgIpc) is 2.56. The van der Waals surface area contributed by atoms with Crippen LogP contribution in [0.25, 0.3) is 0 Å². The van der Waals surface area contributed by atoms with E-state index in [-0.39, 0.29) is 0 Å². The van der Waals surface area contributed by atoms with Crippen LogP contribution in [0.1, 0.15) is 44.9 Å². The molecule has 2 saturated heterocycles. The lowest BCUT2D eigenvalue weighted by Crippen LogP contribution is -2.55. The van der Waals surface area contributed by atoms with Gasteiger partial charge in [0.15, 0.2) is 0 Å². The summed E-state index contributed by atoms with van der Waals surface area (Å²) in [4.78, 5) is 6.34. The van der Waals surface area contributed by atoms with Gasteiger partial charge in [-0.05, 0) is 49.0 Å². The monoisotopic (exact) mass is 359 g/mol. The van der Waals surface area contributed by atoms with Crippen molar-refractivity contribution in [1.82, 2.24) is 5.06 Å². The first-order valence-electron chi connectivity index (χ1n) is 7.16. The first-order chi connectivity index (χ1) is 8.81. The number of hydrogen-bond donors (Lipinski definition) is 0. The second kappa shape index (κ2) is 5.25. The maximum atomic E-state index is 6.34. The minimum atomic E-state index is 0.302. The van der Waals surface area contributed by atoms with E-state index in [4.69, 9.17) is 4.84 Å². The first-order valence-corrected chi connectivity index (χ1v) is 8.40. The SMILES string of the molecule is C=CC[C@@H]1CCCC23CCCC(ON12)C3/C=C\I. The van der Waals surface area contributed by atoms with E-state index in [0.29, 0.717) is 23.6 Å². The Hall–Kier alpha value is 0.130. The van der Waals surface area contributed by atoms with Gasteiger partial charge in [0.05, 0.1) is 11.6 Å². The molecular formula is C15H22INO. The summed E-state index contributed by atoms with van der Waals surface area (Å²) in [5.41, 5.74) is 0.302. The number of hydrogen-bond acceptors (Lipinski definition) is 2. The van der Waals surface area contributed by atoms with Crippen LogP contribution in [0.4, 0.5) is 0 Å². The van der Waals surface area contributed by atoms with E-state index in [1.165, 1.54) is 38.5 Å². The van der Waals surface area contributed by atoms with Crippen molar-refractivity contribution in [1.29, 1.82) is 0 Å². The molecular weight excluding hydrogens is 337 g/mol. The standard InChI is InChI=1S/C15H22INO/c1-2-5-12-6-3-9-15-10-4-7-14(18-17(12)15)13(15)8-11-16/h2,8,11-14H,1,3-7,9-10H2/b11-8-/t12-,13?,14?,15?/m1/s1. The topological polar surface area (TPSA) is 12.5 Å². The van der Waals surface area contributed by atoms with Crippen LogP contribution in [-0.2, 0) is 4.84 Å². The summed E-state index contributed by atoms with van der Waals surface area (Å²) in [6.45, 7) is 3.91. The summed E-state index contributed by atoms with van der Waals surface area (Å²) >= 11 is 2.35. The summed E-state index contributed by atoms with van der Waals surface area (Å²) < 4.78 is 2.19. The van der Waals surface area contributed by atoms with E-state index >= 15 is 0 Å². The molecule has 2 bridgehead atoms. The van der Waals surface area contributed by atoms with Gasteiger partial charge in [-0.25, -0.2) is 0 Å². The van der Waals surface area contributed by atoms with Crippen molar-refractivity contribution in [3.05, 3.63) is 22.8 Å². The van der Waals surface area contributed by atoms with Crippen LogP contribution in [0, 0.1) is 5.92 Å². The van der Waals surface area contributed by atoms with E-state index in [1.54, 1.807) is 0 Å². The third-order valence-corrected chi connectivity index (χ3v) is 5.42. The number of hydroxylamine groups is 2. The fraction of sp³-hybridized carbons (Fsp3) is 0.733. The van der Waals surface area contributed by atoms with Crippen LogP contribution in [-0.4, -0.2) is 22.7 Å². The molecule has 0 N–H and O–H groups in total. The Kier molecular flexibility index (Phi) is 3.83. The number of piperidine rings is 1. The Balaban J connectivity index is 1.92. The molecule has 100 valence electrons. The molecule has 2 heterocycles. The van der Waals surface area contributed by atoms with E-state index in [1.807, 2.05) is 0 Å². The zero-order valence-electron chi connectivity index (χ0n) is 10.9. The van der Waals surface area contributed by atoms with Gasteiger partial charge in [0, 0.05) is 12.0 Å². The maximum absolute atomic E-state index is 6.34. The molecule has 0 amide bonds. The molecule has 2 aliphatic heterocycles. The van der Waals surface area contributed by atoms with Crippen molar-refractivity contribution in [3.63, 3.8) is 0 Å². The van der Waals surface area contributed by atoms with Gasteiger partial charge < -0.3 is 0 Å². The lowest BCUT2D eigenvalue weighted by Gasteiger charge is -2.47. The summed E-state index contributed by atoms with van der Waals surface area (Å²) in [6, 6.07) is 0.560. The highest BCUT2D eigenvalue weighted by atomic mass is 127. The molecule has 2 nitrogen and oxygen atoms in total. The lowest BCUT2D eigenvalue weighted by atomic mass is 9.67. The van der Waals surface area contributed by atoms with Crippen molar-refractivity contribution in [3.8, 4) is 0 Å². The van der Waals surface area contributed by atoms with Crippen LogP contribution in [0.15, 0.2) is 22.8 Å². The van der Waals surface area contributed by atoms with E-state index < -0.39 is 0 Å². The quantitative estimate of drug-likeness (QED) is 0.553. The molecule has 0 aromatic carbocycles. The molecule has 3 heteroatoms. The van der Waals surface area contributed by atoms with Gasteiger partial charge in [0.2, 0.25) is 0 Å². The third kappa shape index (κ3) is 1.90. The number of halogens is 1. The lowest BCUT2D eigenvalue weighted by molar-refractivity contribution is -0.221. The van der Waals surface area contributed by atoms with Crippen molar-refractivity contribution >= 4 is 22.6 Å². The number of nitrogens with zero attached hydrogens (tertiary/aromatic N) is 1. The molecule has 1 spiro atoms. The molecule has 3 aliphatic rings. The Morgan fingerprint density at radius 3 is 2.83 bits per heavy atom. The molecule has 0 radical (unpaired) electrons. The molecule has 1 saturated carbocycles. The molecule has 0 aromatic rings. The fourth-order valence-corrected chi connectivity index (χ4v) is 4.78. The van der Waals surface area contributed by atoms with Gasteiger partial charge in [-0.1, -0.05) is 34.7 Å². The molecule has 18 heavy (non-hydrogen) atoms. The highest BCUT2D eigenvalue weighted by Gasteiger charge is 2.58. The van der Waals surface area contributed by atoms with E-state index in [0.717, 1.165) is 6.42 Å². The van der Waals surface area contributed by atoms with Crippen molar-refractivity contribution in [2.45, 2.75) is 62.6 Å². The highest BCUT2D eigenvalue weighted by Crippen LogP contribution is 2.53. The molecule has 0 aromatic heterocycles. The predicted octanol–water partition coefficient (Wildman–Crippen LogP) is 4.22. The second-order valence-corrected chi connectivity index (χ2v) is 6.60. The Morgan fingerprint density at radius 2 is 2.11 bits per heavy atom. The van der Waals surface area contributed by atoms with Crippen LogP contribution < -0.4 is 0 Å². The summed E-state index contributed by atoms with van der Waals surface area (Å²) in [7, 11) is 0. The van der Waals surface area contributed by atoms with Crippen molar-refractivity contribution in [2.24, 2.45) is 5.92 Å². The van der Waals surface area contributed by atoms with Crippen LogP contribution in [0.3, 0.4) is 0 Å². The smallest absolute Gasteiger partial charge is 0.0875 e. The molecule has 3 unspecified atom stereocenters. The number of fused-ring (bicyclic) bond motifs is 1. The van der Waals surface area contributed by atoms with Crippen LogP contribution >= 0.6 is 22.6 Å². The molecule has 4 atom stereocenters. The largest absolute Gasteiger partial charge is 0.294 e. The van der Waals surface area contributed by atoms with Crippen molar-refractivity contribution in [2.75, 3.05) is 0 Å². The van der Waals surface area contributed by atoms with Gasteiger partial charge in [-0.15, -0.1) is 6.58 Å². The minimum Gasteiger partial charge on any atom is -0.294 e. The van der Waals surface area contributed by atoms with E-state index in [9.17, 15) is 0 Å². The van der Waals surface area contributed by atoms with Crippen molar-refractivity contribution < 1.29 is 4.84 Å².